The SMILES string of the molecule is Cc1cc(-c2ccc(-c3cc(C)c(Oc4ccc(N)c(O)c4)c(C4CCCCC4)c3)cc2)cc(C2CCCCC2)c1Oc1ccc(N)c(O)c1. The molecule has 0 aliphatic heterocycles. The molecule has 2 saturated carbocycles. The van der Waals surface area contributed by atoms with Crippen molar-refractivity contribution in [3.8, 4) is 56.8 Å². The summed E-state index contributed by atoms with van der Waals surface area (Å²) in [6.07, 6.45) is 12.0. The molecule has 6 nitrogen and oxygen atoms in total. The lowest BCUT2D eigenvalue weighted by atomic mass is 9.81. The number of ether oxygens (including phenoxy) is 2. The molecular formula is C44H48N2O4. The summed E-state index contributed by atoms with van der Waals surface area (Å²) in [5.74, 6) is 3.84. The molecule has 0 atom stereocenters. The Morgan fingerprint density at radius 1 is 0.480 bits per heavy atom. The van der Waals surface area contributed by atoms with E-state index in [4.69, 9.17) is 20.9 Å². The number of rotatable bonds is 8. The predicted molar refractivity (Wildman–Crippen MR) is 204 cm³/mol. The molecule has 0 bridgehead atoms. The Morgan fingerprint density at radius 2 is 0.860 bits per heavy atom. The first-order chi connectivity index (χ1) is 24.2. The van der Waals surface area contributed by atoms with Crippen molar-refractivity contribution in [2.75, 3.05) is 11.5 Å². The molecule has 0 unspecified atom stereocenters. The van der Waals surface area contributed by atoms with Crippen LogP contribution in [0.4, 0.5) is 11.4 Å². The highest BCUT2D eigenvalue weighted by Crippen LogP contribution is 2.46. The average molecular weight is 669 g/mol. The van der Waals surface area contributed by atoms with Gasteiger partial charge in [0, 0.05) is 12.1 Å². The van der Waals surface area contributed by atoms with E-state index in [1.807, 2.05) is 12.1 Å². The summed E-state index contributed by atoms with van der Waals surface area (Å²) in [5.41, 5.74) is 21.7. The average Bonchev–Trinajstić information content (AvgIpc) is 3.13. The third kappa shape index (κ3) is 7.11. The Hall–Kier alpha value is -5.10. The second-order valence-corrected chi connectivity index (χ2v) is 14.3. The van der Waals surface area contributed by atoms with Crippen LogP contribution in [0, 0.1) is 13.8 Å². The van der Waals surface area contributed by atoms with Gasteiger partial charge >= 0.3 is 0 Å². The van der Waals surface area contributed by atoms with Crippen LogP contribution in [0.25, 0.3) is 22.3 Å². The molecule has 5 aromatic carbocycles. The monoisotopic (exact) mass is 668 g/mol. The van der Waals surface area contributed by atoms with E-state index in [1.54, 1.807) is 24.3 Å². The van der Waals surface area contributed by atoms with E-state index in [1.165, 1.54) is 60.8 Å². The standard InChI is InChI=1S/C44H48N2O4/c1-27-21-33(23-37(31-9-5-3-6-10-31)43(27)49-35-17-19-39(45)41(47)25-35)29-13-15-30(16-14-29)34-22-28(2)44(38(24-34)32-11-7-4-8-12-32)50-36-18-20-40(46)42(48)26-36/h13-26,31-32,47-48H,3-12,45-46H2,1-2H3. The van der Waals surface area contributed by atoms with Crippen LogP contribution in [0.5, 0.6) is 34.5 Å². The van der Waals surface area contributed by atoms with E-state index in [0.29, 0.717) is 34.7 Å². The molecular weight excluding hydrogens is 620 g/mol. The number of anilines is 2. The van der Waals surface area contributed by atoms with E-state index in [2.05, 4.69) is 62.4 Å². The molecule has 2 aliphatic carbocycles. The fourth-order valence-corrected chi connectivity index (χ4v) is 7.91. The van der Waals surface area contributed by atoms with Crippen LogP contribution in [0.1, 0.15) is 98.3 Å². The highest BCUT2D eigenvalue weighted by atomic mass is 16.5. The zero-order valence-corrected chi connectivity index (χ0v) is 29.2. The topological polar surface area (TPSA) is 111 Å². The Morgan fingerprint density at radius 3 is 1.22 bits per heavy atom. The Kier molecular flexibility index (Phi) is 9.62. The number of hydrogen-bond acceptors (Lipinski definition) is 6. The number of phenolic OH excluding ortho intramolecular Hbond substituents is 2. The zero-order chi connectivity index (χ0) is 34.8. The normalized spacial score (nSPS) is 15.6. The van der Waals surface area contributed by atoms with E-state index >= 15 is 0 Å². The minimum atomic E-state index is 0.0291. The molecule has 6 N–H and O–H groups in total. The molecule has 0 spiro atoms. The third-order valence-corrected chi connectivity index (χ3v) is 10.7. The molecule has 0 heterocycles. The lowest BCUT2D eigenvalue weighted by Crippen LogP contribution is -2.07. The molecule has 0 aromatic heterocycles. The minimum absolute atomic E-state index is 0.0291. The molecule has 2 fully saturated rings. The maximum atomic E-state index is 10.2. The smallest absolute Gasteiger partial charge is 0.142 e. The summed E-state index contributed by atoms with van der Waals surface area (Å²) < 4.78 is 13.0. The number of benzene rings is 5. The van der Waals surface area contributed by atoms with Crippen molar-refractivity contribution in [3.05, 3.63) is 107 Å². The van der Waals surface area contributed by atoms with Crippen LogP contribution in [0.2, 0.25) is 0 Å². The Balaban J connectivity index is 1.22. The van der Waals surface area contributed by atoms with Gasteiger partial charge in [0.1, 0.15) is 34.5 Å². The number of aryl methyl sites for hydroxylation is 2. The van der Waals surface area contributed by atoms with Crippen molar-refractivity contribution in [2.24, 2.45) is 0 Å². The Labute approximate surface area is 295 Å². The molecule has 258 valence electrons. The number of phenols is 2. The van der Waals surface area contributed by atoms with Gasteiger partial charge in [0.2, 0.25) is 0 Å². The molecule has 0 amide bonds. The first kappa shape index (κ1) is 33.4. The number of nitrogens with two attached hydrogens (primary N) is 2. The third-order valence-electron chi connectivity index (χ3n) is 10.7. The summed E-state index contributed by atoms with van der Waals surface area (Å²) in [7, 11) is 0. The van der Waals surface area contributed by atoms with Gasteiger partial charge in [0.05, 0.1) is 11.4 Å². The van der Waals surface area contributed by atoms with Gasteiger partial charge in [-0.05, 0) is 144 Å². The molecule has 0 saturated heterocycles. The van der Waals surface area contributed by atoms with Gasteiger partial charge in [-0.2, -0.15) is 0 Å². The second-order valence-electron chi connectivity index (χ2n) is 14.3. The number of nitrogen functional groups attached to an aromatic ring is 2. The lowest BCUT2D eigenvalue weighted by Gasteiger charge is -2.26. The van der Waals surface area contributed by atoms with E-state index in [-0.39, 0.29) is 11.5 Å². The Bertz CT molecular complexity index is 1850. The van der Waals surface area contributed by atoms with Crippen LogP contribution in [0.15, 0.2) is 84.9 Å². The maximum Gasteiger partial charge on any atom is 0.142 e. The van der Waals surface area contributed by atoms with Crippen molar-refractivity contribution in [1.82, 2.24) is 0 Å². The van der Waals surface area contributed by atoms with E-state index in [9.17, 15) is 10.2 Å². The molecule has 7 rings (SSSR count). The zero-order valence-electron chi connectivity index (χ0n) is 29.2. The molecule has 2 aliphatic rings. The van der Waals surface area contributed by atoms with Gasteiger partial charge in [0.15, 0.2) is 0 Å². The van der Waals surface area contributed by atoms with Gasteiger partial charge in [-0.15, -0.1) is 0 Å². The molecule has 5 aromatic rings. The van der Waals surface area contributed by atoms with Crippen molar-refractivity contribution in [2.45, 2.75) is 89.9 Å². The fraction of sp³-hybridized carbons (Fsp3) is 0.318. The first-order valence-corrected chi connectivity index (χ1v) is 18.2. The minimum Gasteiger partial charge on any atom is -0.506 e. The van der Waals surface area contributed by atoms with Gasteiger partial charge in [-0.1, -0.05) is 62.8 Å². The summed E-state index contributed by atoms with van der Waals surface area (Å²) in [6, 6.07) is 28.1. The highest BCUT2D eigenvalue weighted by Gasteiger charge is 2.24. The summed E-state index contributed by atoms with van der Waals surface area (Å²) in [4.78, 5) is 0. The first-order valence-electron chi connectivity index (χ1n) is 18.2. The fourth-order valence-electron chi connectivity index (χ4n) is 7.91. The van der Waals surface area contributed by atoms with Gasteiger partial charge in [-0.25, -0.2) is 0 Å². The quantitative estimate of drug-likeness (QED) is 0.0967. The summed E-state index contributed by atoms with van der Waals surface area (Å²) in [6.45, 7) is 4.23. The summed E-state index contributed by atoms with van der Waals surface area (Å²) >= 11 is 0. The van der Waals surface area contributed by atoms with Crippen LogP contribution in [0.3, 0.4) is 0 Å². The molecule has 50 heavy (non-hydrogen) atoms. The van der Waals surface area contributed by atoms with Gasteiger partial charge < -0.3 is 31.2 Å². The van der Waals surface area contributed by atoms with Crippen molar-refractivity contribution in [3.63, 3.8) is 0 Å². The van der Waals surface area contributed by atoms with Crippen molar-refractivity contribution in [1.29, 1.82) is 0 Å². The van der Waals surface area contributed by atoms with Crippen molar-refractivity contribution >= 4 is 11.4 Å². The van der Waals surface area contributed by atoms with Crippen molar-refractivity contribution < 1.29 is 19.7 Å². The van der Waals surface area contributed by atoms with Gasteiger partial charge in [-0.3, -0.25) is 0 Å². The van der Waals surface area contributed by atoms with Crippen LogP contribution >= 0.6 is 0 Å². The predicted octanol–water partition coefficient (Wildman–Crippen LogP) is 11.9. The number of hydrogen-bond donors (Lipinski definition) is 4. The highest BCUT2D eigenvalue weighted by molar-refractivity contribution is 5.74. The lowest BCUT2D eigenvalue weighted by molar-refractivity contribution is 0.415. The summed E-state index contributed by atoms with van der Waals surface area (Å²) in [5, 5.41) is 20.5. The second kappa shape index (κ2) is 14.4. The van der Waals surface area contributed by atoms with E-state index in [0.717, 1.165) is 59.4 Å². The largest absolute Gasteiger partial charge is 0.506 e. The van der Waals surface area contributed by atoms with Crippen LogP contribution in [-0.2, 0) is 0 Å². The van der Waals surface area contributed by atoms with Crippen LogP contribution < -0.4 is 20.9 Å². The van der Waals surface area contributed by atoms with E-state index < -0.39 is 0 Å². The van der Waals surface area contributed by atoms with Gasteiger partial charge in [0.25, 0.3) is 0 Å². The molecule has 6 heteroatoms. The van der Waals surface area contributed by atoms with Crippen LogP contribution in [-0.4, -0.2) is 10.2 Å². The maximum absolute atomic E-state index is 10.2. The number of aromatic hydroxyl groups is 2. The molecule has 0 radical (unpaired) electrons.